The molecule has 2 unspecified atom stereocenters. The third-order valence-corrected chi connectivity index (χ3v) is 5.65. The van der Waals surface area contributed by atoms with Crippen LogP contribution >= 0.6 is 0 Å². The van der Waals surface area contributed by atoms with Crippen LogP contribution in [0.2, 0.25) is 0 Å². The molecule has 1 aliphatic rings. The van der Waals surface area contributed by atoms with Gasteiger partial charge in [0.05, 0.1) is 36.8 Å². The van der Waals surface area contributed by atoms with Crippen LogP contribution in [0.1, 0.15) is 42.0 Å². The highest BCUT2D eigenvalue weighted by Crippen LogP contribution is 2.36. The summed E-state index contributed by atoms with van der Waals surface area (Å²) < 4.78 is 25.6. The summed E-state index contributed by atoms with van der Waals surface area (Å²) >= 11 is 0. The summed E-state index contributed by atoms with van der Waals surface area (Å²) in [7, 11) is 1.47. The van der Waals surface area contributed by atoms with E-state index in [1.165, 1.54) is 19.4 Å². The van der Waals surface area contributed by atoms with Gasteiger partial charge < -0.3 is 14.6 Å². The summed E-state index contributed by atoms with van der Waals surface area (Å²) in [6.45, 7) is 3.51. The van der Waals surface area contributed by atoms with Crippen molar-refractivity contribution in [2.75, 3.05) is 7.11 Å². The number of benzene rings is 1. The van der Waals surface area contributed by atoms with E-state index >= 15 is 0 Å². The van der Waals surface area contributed by atoms with Crippen LogP contribution in [-0.4, -0.2) is 33.1 Å². The van der Waals surface area contributed by atoms with E-state index in [2.05, 4.69) is 15.0 Å². The van der Waals surface area contributed by atoms with Gasteiger partial charge in [-0.1, -0.05) is 19.1 Å². The Morgan fingerprint density at radius 2 is 2.12 bits per heavy atom. The van der Waals surface area contributed by atoms with Crippen molar-refractivity contribution in [2.45, 2.75) is 39.2 Å². The Labute approximate surface area is 185 Å². The number of carboxylic acids is 1. The van der Waals surface area contributed by atoms with E-state index in [-0.39, 0.29) is 11.7 Å². The number of carboxylic acid groups (broad SMARTS) is 1. The van der Waals surface area contributed by atoms with Crippen molar-refractivity contribution in [3.8, 4) is 22.9 Å². The highest BCUT2D eigenvalue weighted by molar-refractivity contribution is 5.70. The molecule has 0 saturated carbocycles. The molecule has 1 N–H and O–H groups in total. The highest BCUT2D eigenvalue weighted by atomic mass is 19.1. The SMILES string of the molecule is COc1cc(-c2cnc(C3CCc4ccc(CC(C)C(=O)O)cc4O3)c(C)n2)c(F)cn1. The van der Waals surface area contributed by atoms with Crippen molar-refractivity contribution in [2.24, 2.45) is 5.92 Å². The van der Waals surface area contributed by atoms with Gasteiger partial charge in [0.1, 0.15) is 17.5 Å². The first-order valence-corrected chi connectivity index (χ1v) is 10.4. The highest BCUT2D eigenvalue weighted by Gasteiger charge is 2.25. The number of rotatable bonds is 6. The molecule has 1 aromatic carbocycles. The number of fused-ring (bicyclic) bond motifs is 1. The van der Waals surface area contributed by atoms with Gasteiger partial charge in [0.25, 0.3) is 0 Å². The Morgan fingerprint density at radius 1 is 1.31 bits per heavy atom. The maximum atomic E-state index is 14.3. The predicted molar refractivity (Wildman–Crippen MR) is 115 cm³/mol. The minimum absolute atomic E-state index is 0.270. The minimum atomic E-state index is -0.823. The molecule has 0 spiro atoms. The van der Waals surface area contributed by atoms with Gasteiger partial charge in [-0.05, 0) is 43.4 Å². The number of methoxy groups -OCH3 is 1. The fraction of sp³-hybridized carbons (Fsp3) is 0.333. The molecule has 0 radical (unpaired) electrons. The van der Waals surface area contributed by atoms with E-state index in [1.54, 1.807) is 6.92 Å². The van der Waals surface area contributed by atoms with Gasteiger partial charge in [0.2, 0.25) is 5.88 Å². The second kappa shape index (κ2) is 8.90. The average Bonchev–Trinajstić information content (AvgIpc) is 2.78. The summed E-state index contributed by atoms with van der Waals surface area (Å²) in [5, 5.41) is 9.17. The molecule has 3 aromatic rings. The number of pyridine rings is 1. The summed E-state index contributed by atoms with van der Waals surface area (Å²) in [6.07, 6.45) is 4.34. The van der Waals surface area contributed by atoms with Gasteiger partial charge >= 0.3 is 5.97 Å². The number of hydrogen-bond donors (Lipinski definition) is 1. The van der Waals surface area contributed by atoms with Crippen LogP contribution < -0.4 is 9.47 Å². The van der Waals surface area contributed by atoms with Crippen LogP contribution in [0.3, 0.4) is 0 Å². The quantitative estimate of drug-likeness (QED) is 0.614. The molecule has 0 aliphatic carbocycles. The Morgan fingerprint density at radius 3 is 2.84 bits per heavy atom. The first-order valence-electron chi connectivity index (χ1n) is 10.4. The fourth-order valence-corrected chi connectivity index (χ4v) is 3.84. The molecule has 166 valence electrons. The Hall–Kier alpha value is -3.55. The maximum Gasteiger partial charge on any atom is 0.306 e. The van der Waals surface area contributed by atoms with Crippen molar-refractivity contribution < 1.29 is 23.8 Å². The Bertz CT molecular complexity index is 1170. The van der Waals surface area contributed by atoms with Crippen molar-refractivity contribution >= 4 is 5.97 Å². The van der Waals surface area contributed by atoms with Crippen LogP contribution in [0, 0.1) is 18.7 Å². The number of aryl methyl sites for hydroxylation is 2. The van der Waals surface area contributed by atoms with Crippen molar-refractivity contribution in [1.29, 1.82) is 0 Å². The molecule has 0 amide bonds. The second-order valence-corrected chi connectivity index (χ2v) is 7.96. The lowest BCUT2D eigenvalue weighted by Crippen LogP contribution is -2.19. The van der Waals surface area contributed by atoms with Crippen LogP contribution in [-0.2, 0) is 17.6 Å². The predicted octanol–water partition coefficient (Wildman–Crippen LogP) is 4.32. The molecule has 7 nitrogen and oxygen atoms in total. The zero-order valence-electron chi connectivity index (χ0n) is 18.1. The largest absolute Gasteiger partial charge is 0.484 e. The lowest BCUT2D eigenvalue weighted by Gasteiger charge is -2.27. The summed E-state index contributed by atoms with van der Waals surface area (Å²) in [4.78, 5) is 24.1. The van der Waals surface area contributed by atoms with Gasteiger partial charge in [0, 0.05) is 11.6 Å². The lowest BCUT2D eigenvalue weighted by molar-refractivity contribution is -0.141. The average molecular weight is 437 g/mol. The van der Waals surface area contributed by atoms with E-state index in [0.29, 0.717) is 29.4 Å². The number of aliphatic carboxylic acids is 1. The van der Waals surface area contributed by atoms with E-state index in [0.717, 1.165) is 35.9 Å². The van der Waals surface area contributed by atoms with Gasteiger partial charge in [0.15, 0.2) is 5.82 Å². The fourth-order valence-electron chi connectivity index (χ4n) is 3.84. The number of ether oxygens (including phenoxy) is 2. The molecule has 4 rings (SSSR count). The molecule has 1 aliphatic heterocycles. The topological polar surface area (TPSA) is 94.4 Å². The number of carbonyl (C=O) groups is 1. The third kappa shape index (κ3) is 4.39. The van der Waals surface area contributed by atoms with Crippen LogP contribution in [0.15, 0.2) is 36.7 Å². The molecule has 2 atom stereocenters. The van der Waals surface area contributed by atoms with Gasteiger partial charge in [-0.25, -0.2) is 14.4 Å². The molecule has 0 fully saturated rings. The molecule has 0 saturated heterocycles. The van der Waals surface area contributed by atoms with Crippen LogP contribution in [0.5, 0.6) is 11.6 Å². The molecule has 3 heterocycles. The number of aromatic nitrogens is 3. The number of nitrogens with zero attached hydrogens (tertiary/aromatic N) is 3. The molecule has 0 bridgehead atoms. The first kappa shape index (κ1) is 21.7. The zero-order chi connectivity index (χ0) is 22.8. The number of hydrogen-bond acceptors (Lipinski definition) is 6. The van der Waals surface area contributed by atoms with E-state index in [9.17, 15) is 14.3 Å². The van der Waals surface area contributed by atoms with Crippen molar-refractivity contribution in [1.82, 2.24) is 15.0 Å². The standard InChI is InChI=1S/C24H24FN3O4/c1-13(24(29)30)8-15-4-5-16-6-7-20(32-21(16)9-15)23-14(2)28-19(12-27-23)17-10-22(31-3)26-11-18(17)25/h4-5,9-13,20H,6-8H2,1-3H3,(H,29,30). The molecule has 2 aromatic heterocycles. The maximum absolute atomic E-state index is 14.3. The second-order valence-electron chi connectivity index (χ2n) is 7.96. The minimum Gasteiger partial charge on any atom is -0.484 e. The van der Waals surface area contributed by atoms with E-state index < -0.39 is 17.7 Å². The zero-order valence-corrected chi connectivity index (χ0v) is 18.1. The Balaban J connectivity index is 1.58. The van der Waals surface area contributed by atoms with Crippen LogP contribution in [0.25, 0.3) is 11.3 Å². The van der Waals surface area contributed by atoms with Crippen LogP contribution in [0.4, 0.5) is 4.39 Å². The van der Waals surface area contributed by atoms with Gasteiger partial charge in [-0.15, -0.1) is 0 Å². The molecular formula is C24H24FN3O4. The van der Waals surface area contributed by atoms with Gasteiger partial charge in [-0.3, -0.25) is 9.78 Å². The molecule has 32 heavy (non-hydrogen) atoms. The normalized spacial score (nSPS) is 16.1. The number of halogens is 1. The van der Waals surface area contributed by atoms with Gasteiger partial charge in [-0.2, -0.15) is 0 Å². The van der Waals surface area contributed by atoms with Crippen molar-refractivity contribution in [3.63, 3.8) is 0 Å². The monoisotopic (exact) mass is 437 g/mol. The van der Waals surface area contributed by atoms with E-state index in [1.807, 2.05) is 25.1 Å². The molecular weight excluding hydrogens is 413 g/mol. The van der Waals surface area contributed by atoms with Crippen molar-refractivity contribution in [3.05, 3.63) is 65.0 Å². The summed E-state index contributed by atoms with van der Waals surface area (Å²) in [5.41, 5.74) is 4.02. The van der Waals surface area contributed by atoms with E-state index in [4.69, 9.17) is 9.47 Å². The molecule has 8 heteroatoms. The Kier molecular flexibility index (Phi) is 6.03. The smallest absolute Gasteiger partial charge is 0.306 e. The third-order valence-electron chi connectivity index (χ3n) is 5.65. The summed E-state index contributed by atoms with van der Waals surface area (Å²) in [6, 6.07) is 7.36. The lowest BCUT2D eigenvalue weighted by atomic mass is 9.95. The summed E-state index contributed by atoms with van der Waals surface area (Å²) in [5.74, 6) is -0.758. The first-order chi connectivity index (χ1) is 15.4.